The first-order valence-corrected chi connectivity index (χ1v) is 60.7. The number of ether oxygens (including phenoxy) is 12. The molecule has 12 heterocycles. The monoisotopic (exact) mass is 1850 g/mol. The van der Waals surface area contributed by atoms with Gasteiger partial charge in [0, 0.05) is 36.7 Å². The Kier molecular flexibility index (Phi) is 15.6. The number of allylic oxidation sites excluding steroid dienone is 2. The van der Waals surface area contributed by atoms with E-state index >= 15 is 0 Å². The molecule has 12 nitrogen and oxygen atoms in total. The molecule has 0 spiro atoms. The smallest absolute Gasteiger partial charge is 0.197 e. The minimum absolute atomic E-state index is 0.0670. The van der Waals surface area contributed by atoms with Crippen LogP contribution in [0.2, 0.25) is 31.7 Å². The molecule has 18 heteroatoms. The predicted octanol–water partition coefficient (Wildman–Crippen LogP) is 16.8. The Morgan fingerprint density at radius 1 is 0.206 bits per heavy atom. The highest BCUT2D eigenvalue weighted by molar-refractivity contribution is 7.23. The van der Waals surface area contributed by atoms with Crippen LogP contribution in [0.4, 0.5) is 0 Å². The lowest BCUT2D eigenvalue weighted by Gasteiger charge is -2.49. The molecule has 1 aliphatic carbocycles. The molecule has 19 aromatic rings. The Morgan fingerprint density at radius 3 is 0.919 bits per heavy atom. The number of fused-ring (bicyclic) bond motifs is 29. The normalized spacial score (nSPS) is 22.0. The van der Waals surface area contributed by atoms with Crippen LogP contribution in [0.25, 0.3) is 32.3 Å². The summed E-state index contributed by atoms with van der Waals surface area (Å²) in [5, 5.41) is 30.6. The van der Waals surface area contributed by atoms with Crippen LogP contribution < -0.4 is 155 Å². The van der Waals surface area contributed by atoms with Gasteiger partial charge >= 0.3 is 0 Å². The standard InChI is InChI=1S/C46H28O4Si2.C36H24O4Si2.C36H26O4Si2/c1-3-13-31(14-4-1)51-41-23-9-7-17-33(41)47-35-19-11-21-37(45(35)51)49-39-25-30-28-44-40(26-29(30)27-43(39)51)50-38-22-12-20-36-46(38)52(44,32-15-5-2-6-16-32)42-24-10-8-18-34(42)48-36;1-41-31-15-5-3-9-23(31)37-25-11-7-13-27(35(25)41)39-29-17-21-18-30-34(20-22(21)19-33(29)41)42(2)32-16-6-4-10-24(32)38-26-12-8-14-28(40-30)36(26)42;1-41-29-15-5-3-9-23(29)37-25-11-7-13-27(35(25)41)39-33-21-18-20-32-34(22(21)17-19-31(33)41)40-28-14-8-12-26-36(28)42(32,2)30-16-6-4-10-24(30)38-26/h1-28H;3-20H,1-2H3;3-20,27,35H,1-2H3. The van der Waals surface area contributed by atoms with Crippen LogP contribution in [0.1, 0.15) is 0 Å². The summed E-state index contributed by atoms with van der Waals surface area (Å²) in [6, 6.07) is 132. The van der Waals surface area contributed by atoms with Crippen LogP contribution in [0.3, 0.4) is 0 Å². The summed E-state index contributed by atoms with van der Waals surface area (Å²) in [6.45, 7) is 9.82. The van der Waals surface area contributed by atoms with Crippen molar-refractivity contribution in [2.75, 3.05) is 0 Å². The van der Waals surface area contributed by atoms with Gasteiger partial charge in [-0.1, -0.05) is 281 Å². The maximum absolute atomic E-state index is 6.96. The van der Waals surface area contributed by atoms with Crippen molar-refractivity contribution in [3.05, 3.63) is 394 Å². The Hall–Kier alpha value is -15.7. The van der Waals surface area contributed by atoms with Crippen molar-refractivity contribution in [3.8, 4) is 126 Å². The largest absolute Gasteiger partial charge is 0.485 e. The van der Waals surface area contributed by atoms with Gasteiger partial charge < -0.3 is 56.8 Å². The first-order valence-electron chi connectivity index (χ1n) is 46.6. The van der Waals surface area contributed by atoms with Gasteiger partial charge in [-0.2, -0.15) is 0 Å². The average Bonchev–Trinajstić information content (AvgIpc) is 0.681. The van der Waals surface area contributed by atoms with Gasteiger partial charge in [0.1, 0.15) is 146 Å². The Bertz CT molecular complexity index is 8380. The first-order chi connectivity index (χ1) is 66.8. The fraction of sp³-hybridized carbons (Fsp3) is 0.0508. The van der Waals surface area contributed by atoms with E-state index in [-0.39, 0.29) is 11.6 Å². The number of hydrogen-bond acceptors (Lipinski definition) is 12. The lowest BCUT2D eigenvalue weighted by Crippen LogP contribution is -2.77. The van der Waals surface area contributed by atoms with Crippen LogP contribution >= 0.6 is 0 Å². The molecule has 0 fully saturated rings. The van der Waals surface area contributed by atoms with Crippen molar-refractivity contribution in [3.63, 3.8) is 0 Å². The van der Waals surface area contributed by atoms with Crippen LogP contribution in [-0.4, -0.2) is 54.5 Å². The third-order valence-corrected chi connectivity index (χ3v) is 59.5. The van der Waals surface area contributed by atoms with Crippen molar-refractivity contribution in [1.82, 2.24) is 0 Å². The van der Waals surface area contributed by atoms with Crippen molar-refractivity contribution >= 4 is 179 Å². The molecule has 0 N–H and O–H groups in total. The Labute approximate surface area is 788 Å². The molecule has 19 aromatic carbocycles. The summed E-state index contributed by atoms with van der Waals surface area (Å²) in [5.74, 6) is 21.2. The summed E-state index contributed by atoms with van der Waals surface area (Å²) in [7, 11) is -15.4. The van der Waals surface area contributed by atoms with E-state index in [9.17, 15) is 0 Å². The molecule has 0 aromatic heterocycles. The molecule has 0 amide bonds. The molecule has 136 heavy (non-hydrogen) atoms. The zero-order valence-electron chi connectivity index (χ0n) is 74.0. The molecule has 8 unspecified atom stereocenters. The zero-order valence-corrected chi connectivity index (χ0v) is 80.0. The van der Waals surface area contributed by atoms with Gasteiger partial charge in [0.25, 0.3) is 0 Å². The van der Waals surface area contributed by atoms with Crippen molar-refractivity contribution in [1.29, 1.82) is 0 Å². The van der Waals surface area contributed by atoms with E-state index in [1.165, 1.54) is 93.6 Å². The molecular weight excluding hydrogens is 1780 g/mol. The maximum atomic E-state index is 6.96. The fourth-order valence-corrected chi connectivity index (χ4v) is 53.3. The van der Waals surface area contributed by atoms with E-state index in [1.807, 2.05) is 30.3 Å². The third-order valence-electron chi connectivity index (χ3n) is 31.6. The maximum Gasteiger partial charge on any atom is 0.197 e. The van der Waals surface area contributed by atoms with E-state index in [0.717, 1.165) is 170 Å². The van der Waals surface area contributed by atoms with Gasteiger partial charge in [0.05, 0.1) is 5.54 Å². The molecular formula is C118H78O12Si6. The molecule has 0 bridgehead atoms. The Morgan fingerprint density at radius 2 is 0.500 bits per heavy atom. The molecule has 32 rings (SSSR count). The third kappa shape index (κ3) is 9.97. The average molecular weight is 1860 g/mol. The van der Waals surface area contributed by atoms with Crippen molar-refractivity contribution < 1.29 is 56.8 Å². The van der Waals surface area contributed by atoms with Crippen LogP contribution in [-0.2, 0) is 0 Å². The van der Waals surface area contributed by atoms with Crippen molar-refractivity contribution in [2.45, 2.75) is 37.8 Å². The van der Waals surface area contributed by atoms with E-state index in [2.05, 4.69) is 384 Å². The quantitative estimate of drug-likeness (QED) is 0.154. The number of hydrogen-bond donors (Lipinski definition) is 0. The number of para-hydroxylation sites is 6. The van der Waals surface area contributed by atoms with Gasteiger partial charge in [0.2, 0.25) is 0 Å². The van der Waals surface area contributed by atoms with E-state index in [4.69, 9.17) is 56.8 Å². The highest BCUT2D eigenvalue weighted by Crippen LogP contribution is 2.53. The summed E-state index contributed by atoms with van der Waals surface area (Å²) in [4.78, 5) is 0. The second kappa shape index (κ2) is 27.5. The molecule has 646 valence electrons. The van der Waals surface area contributed by atoms with Gasteiger partial charge in [-0.3, -0.25) is 0 Å². The van der Waals surface area contributed by atoms with Gasteiger partial charge in [-0.05, 0) is 228 Å². The predicted molar refractivity (Wildman–Crippen MR) is 553 cm³/mol. The number of rotatable bonds is 2. The topological polar surface area (TPSA) is 111 Å². The SMILES string of the molecule is C[Si]12c3ccccc3Oc3cccc(c31)Oc1c2ccc2c3c(ccc12)[Si]1(C)c2ccccc2OC2=CC=CC(O3)C21.C[Si]12c3ccccc3Oc3cccc(c31)Oc1cc3cc4c(cc3cc12)[Si]1(C)c2ccccc2Oc2cccc(c21)O4.c1ccc([Si]23c4ccccc4Oc4cccc(c42)Oc2cc4cc5c(cc4cc23)Oc2cccc3c2[Si]5(c2ccccc2)c2ccccc2O3)cc1. The second-order valence-electron chi connectivity index (χ2n) is 38.1. The van der Waals surface area contributed by atoms with E-state index in [0.29, 0.717) is 0 Å². The Balaban J connectivity index is 0.0000000977. The van der Waals surface area contributed by atoms with Crippen LogP contribution in [0, 0.1) is 0 Å². The molecule has 0 saturated heterocycles. The molecule has 0 radical (unpaired) electrons. The number of benzene rings is 19. The summed E-state index contributed by atoms with van der Waals surface area (Å²) in [6.07, 6.45) is 6.36. The highest BCUT2D eigenvalue weighted by atomic mass is 28.3. The fourth-order valence-electron chi connectivity index (χ4n) is 25.7. The summed E-state index contributed by atoms with van der Waals surface area (Å²) in [5.41, 5.74) is 0.201. The molecule has 12 aliphatic heterocycles. The van der Waals surface area contributed by atoms with Gasteiger partial charge in [-0.25, -0.2) is 0 Å². The van der Waals surface area contributed by atoms with Crippen molar-refractivity contribution in [2.24, 2.45) is 0 Å². The lowest BCUT2D eigenvalue weighted by molar-refractivity contribution is 0.219. The zero-order chi connectivity index (χ0) is 89.6. The first kappa shape index (κ1) is 76.8. The summed E-state index contributed by atoms with van der Waals surface area (Å²) < 4.78 is 80.0. The lowest BCUT2D eigenvalue weighted by atomic mass is 10.1. The van der Waals surface area contributed by atoms with E-state index in [1.54, 1.807) is 0 Å². The molecule has 13 aliphatic rings. The second-order valence-corrected chi connectivity index (χ2v) is 61.0. The van der Waals surface area contributed by atoms with E-state index < -0.39 is 48.4 Å². The molecule has 0 saturated carbocycles. The highest BCUT2D eigenvalue weighted by Gasteiger charge is 2.61. The van der Waals surface area contributed by atoms with Gasteiger partial charge in [-0.15, -0.1) is 0 Å². The minimum Gasteiger partial charge on any atom is -0.485 e. The summed E-state index contributed by atoms with van der Waals surface area (Å²) >= 11 is 0. The minimum atomic E-state index is -2.90. The van der Waals surface area contributed by atoms with Crippen LogP contribution in [0.5, 0.6) is 126 Å². The van der Waals surface area contributed by atoms with Gasteiger partial charge in [0.15, 0.2) is 40.4 Å². The molecule has 8 atom stereocenters. The van der Waals surface area contributed by atoms with Crippen LogP contribution in [0.15, 0.2) is 394 Å².